The smallest absolute Gasteiger partial charge is 0.347 e. The molecule has 0 radical (unpaired) electrons. The fourth-order valence-electron chi connectivity index (χ4n) is 3.65. The minimum absolute atomic E-state index is 0.0143. The first-order chi connectivity index (χ1) is 16.0. The highest BCUT2D eigenvalue weighted by molar-refractivity contribution is 6.08. The standard InChI is InChI=1S/C26H20N4O3/c1-17-22(15-27-29(17)2)25-19(16-30(28-25)20-9-4-3-5-10-20)12-13-23(31)21-14-18-8-6-7-11-24(18)33-26(21)32/h3-16H,1-2H3/b13-12+. The molecule has 5 aromatic rings. The molecule has 0 aliphatic heterocycles. The zero-order valence-corrected chi connectivity index (χ0v) is 18.1. The van der Waals surface area contributed by atoms with Crippen LogP contribution in [0.2, 0.25) is 0 Å². The van der Waals surface area contributed by atoms with E-state index in [0.717, 1.165) is 22.5 Å². The van der Waals surface area contributed by atoms with Crippen molar-refractivity contribution >= 4 is 22.8 Å². The zero-order chi connectivity index (χ0) is 22.9. The number of rotatable bonds is 5. The molecule has 33 heavy (non-hydrogen) atoms. The zero-order valence-electron chi connectivity index (χ0n) is 18.1. The van der Waals surface area contributed by atoms with Crippen LogP contribution >= 0.6 is 0 Å². The summed E-state index contributed by atoms with van der Waals surface area (Å²) in [7, 11) is 1.87. The van der Waals surface area contributed by atoms with Gasteiger partial charge in [0, 0.05) is 35.5 Å². The molecule has 0 atom stereocenters. The van der Waals surface area contributed by atoms with Crippen molar-refractivity contribution in [2.24, 2.45) is 7.05 Å². The normalized spacial score (nSPS) is 11.5. The Hall–Kier alpha value is -4.52. The van der Waals surface area contributed by atoms with E-state index in [2.05, 4.69) is 5.10 Å². The number of hydrogen-bond donors (Lipinski definition) is 0. The summed E-state index contributed by atoms with van der Waals surface area (Å²) in [5.74, 6) is -0.434. The number of aromatic nitrogens is 4. The number of hydrogen-bond acceptors (Lipinski definition) is 5. The predicted molar refractivity (Wildman–Crippen MR) is 126 cm³/mol. The first kappa shape index (κ1) is 20.4. The van der Waals surface area contributed by atoms with Gasteiger partial charge < -0.3 is 4.42 Å². The number of ketones is 1. The van der Waals surface area contributed by atoms with Gasteiger partial charge in [-0.05, 0) is 43.3 Å². The second-order valence-corrected chi connectivity index (χ2v) is 7.66. The van der Waals surface area contributed by atoms with Gasteiger partial charge in [-0.25, -0.2) is 9.48 Å². The van der Waals surface area contributed by atoms with E-state index in [-0.39, 0.29) is 5.56 Å². The highest BCUT2D eigenvalue weighted by atomic mass is 16.4. The summed E-state index contributed by atoms with van der Waals surface area (Å²) in [4.78, 5) is 25.2. The fourth-order valence-corrected chi connectivity index (χ4v) is 3.65. The van der Waals surface area contributed by atoms with Crippen LogP contribution in [0.1, 0.15) is 21.6 Å². The number of nitrogens with zero attached hydrogens (tertiary/aromatic N) is 4. The summed E-state index contributed by atoms with van der Waals surface area (Å²) >= 11 is 0. The van der Waals surface area contributed by atoms with Crippen LogP contribution in [-0.2, 0) is 7.05 Å². The van der Waals surface area contributed by atoms with E-state index in [0.29, 0.717) is 16.7 Å². The molecule has 7 nitrogen and oxygen atoms in total. The highest BCUT2D eigenvalue weighted by Gasteiger charge is 2.16. The lowest BCUT2D eigenvalue weighted by Gasteiger charge is -2.00. The number of carbonyl (C=O) groups is 1. The van der Waals surface area contributed by atoms with E-state index in [1.165, 1.54) is 6.08 Å². The molecular formula is C26H20N4O3. The van der Waals surface area contributed by atoms with Crippen molar-refractivity contribution in [3.8, 4) is 16.9 Å². The Labute approximate surface area is 189 Å². The summed E-state index contributed by atoms with van der Waals surface area (Å²) in [5, 5.41) is 9.77. The van der Waals surface area contributed by atoms with Crippen LogP contribution in [0.15, 0.2) is 88.3 Å². The maximum atomic E-state index is 12.9. The van der Waals surface area contributed by atoms with Crippen molar-refractivity contribution in [3.63, 3.8) is 0 Å². The Balaban J connectivity index is 1.56. The molecule has 3 heterocycles. The van der Waals surface area contributed by atoms with Gasteiger partial charge in [0.05, 0.1) is 11.9 Å². The van der Waals surface area contributed by atoms with Crippen molar-refractivity contribution < 1.29 is 9.21 Å². The third-order valence-corrected chi connectivity index (χ3v) is 5.57. The summed E-state index contributed by atoms with van der Waals surface area (Å²) in [6.07, 6.45) is 6.65. The Kier molecular flexibility index (Phi) is 5.06. The van der Waals surface area contributed by atoms with Crippen molar-refractivity contribution in [1.29, 1.82) is 0 Å². The molecule has 3 aromatic heterocycles. The number of fused-ring (bicyclic) bond motifs is 1. The fraction of sp³-hybridized carbons (Fsp3) is 0.0769. The number of para-hydroxylation sites is 2. The minimum Gasteiger partial charge on any atom is -0.422 e. The molecule has 0 saturated heterocycles. The second kappa shape index (κ2) is 8.20. The molecular weight excluding hydrogens is 416 g/mol. The molecule has 0 aliphatic carbocycles. The quantitative estimate of drug-likeness (QED) is 0.229. The SMILES string of the molecule is Cc1c(-c2nn(-c3ccccc3)cc2/C=C/C(=O)c2cc3ccccc3oc2=O)cnn1C. The summed E-state index contributed by atoms with van der Waals surface area (Å²) in [6, 6.07) is 18.4. The van der Waals surface area contributed by atoms with Gasteiger partial charge in [-0.15, -0.1) is 0 Å². The van der Waals surface area contributed by atoms with Crippen molar-refractivity contribution in [2.75, 3.05) is 0 Å². The molecule has 0 aliphatic rings. The van der Waals surface area contributed by atoms with Crippen LogP contribution in [0.25, 0.3) is 34.0 Å². The van der Waals surface area contributed by atoms with Gasteiger partial charge in [-0.3, -0.25) is 9.48 Å². The maximum absolute atomic E-state index is 12.9. The molecule has 0 spiro atoms. The molecule has 0 amide bonds. The monoisotopic (exact) mass is 436 g/mol. The van der Waals surface area contributed by atoms with E-state index in [1.807, 2.05) is 56.6 Å². The molecule has 0 bridgehead atoms. The molecule has 0 fully saturated rings. The van der Waals surface area contributed by atoms with Crippen molar-refractivity contribution in [1.82, 2.24) is 19.6 Å². The second-order valence-electron chi connectivity index (χ2n) is 7.66. The van der Waals surface area contributed by atoms with Gasteiger partial charge in [-0.2, -0.15) is 10.2 Å². The predicted octanol–water partition coefficient (Wildman–Crippen LogP) is 4.58. The summed E-state index contributed by atoms with van der Waals surface area (Å²) in [5.41, 5.74) is 3.90. The average molecular weight is 436 g/mol. The van der Waals surface area contributed by atoms with E-state index in [1.54, 1.807) is 45.9 Å². The van der Waals surface area contributed by atoms with Gasteiger partial charge >= 0.3 is 5.63 Å². The molecule has 5 rings (SSSR count). The molecule has 162 valence electrons. The number of allylic oxidation sites excluding steroid dienone is 1. The van der Waals surface area contributed by atoms with E-state index >= 15 is 0 Å². The number of aryl methyl sites for hydroxylation is 1. The summed E-state index contributed by atoms with van der Waals surface area (Å²) < 4.78 is 8.84. The van der Waals surface area contributed by atoms with Gasteiger partial charge in [0.25, 0.3) is 0 Å². The van der Waals surface area contributed by atoms with Crippen LogP contribution in [0.5, 0.6) is 0 Å². The largest absolute Gasteiger partial charge is 0.422 e. The Bertz CT molecular complexity index is 1570. The van der Waals surface area contributed by atoms with Crippen molar-refractivity contribution in [3.05, 3.63) is 106 Å². The van der Waals surface area contributed by atoms with Gasteiger partial charge in [0.1, 0.15) is 16.8 Å². The number of carbonyl (C=O) groups excluding carboxylic acids is 1. The Morgan fingerprint density at radius 3 is 2.58 bits per heavy atom. The van der Waals surface area contributed by atoms with Gasteiger partial charge in [-0.1, -0.05) is 36.4 Å². The van der Waals surface area contributed by atoms with Crippen LogP contribution < -0.4 is 5.63 Å². The maximum Gasteiger partial charge on any atom is 0.347 e. The first-order valence-corrected chi connectivity index (χ1v) is 10.4. The van der Waals surface area contributed by atoms with Crippen molar-refractivity contribution in [2.45, 2.75) is 6.92 Å². The Morgan fingerprint density at radius 1 is 1.06 bits per heavy atom. The van der Waals surface area contributed by atoms with Crippen LogP contribution in [0.4, 0.5) is 0 Å². The molecule has 2 aromatic carbocycles. The van der Waals surface area contributed by atoms with Crippen LogP contribution in [0, 0.1) is 6.92 Å². The van der Waals surface area contributed by atoms with Crippen LogP contribution in [0.3, 0.4) is 0 Å². The average Bonchev–Trinajstić information content (AvgIpc) is 3.40. The highest BCUT2D eigenvalue weighted by Crippen LogP contribution is 2.27. The first-order valence-electron chi connectivity index (χ1n) is 10.4. The lowest BCUT2D eigenvalue weighted by Crippen LogP contribution is -2.11. The van der Waals surface area contributed by atoms with Crippen LogP contribution in [-0.4, -0.2) is 25.3 Å². The van der Waals surface area contributed by atoms with E-state index in [4.69, 9.17) is 9.52 Å². The Morgan fingerprint density at radius 2 is 1.82 bits per heavy atom. The molecule has 0 N–H and O–H groups in total. The van der Waals surface area contributed by atoms with E-state index < -0.39 is 11.4 Å². The third-order valence-electron chi connectivity index (χ3n) is 5.57. The van der Waals surface area contributed by atoms with Gasteiger partial charge in [0.15, 0.2) is 5.78 Å². The summed E-state index contributed by atoms with van der Waals surface area (Å²) in [6.45, 7) is 1.96. The molecule has 7 heteroatoms. The number of benzene rings is 2. The van der Waals surface area contributed by atoms with E-state index in [9.17, 15) is 9.59 Å². The topological polar surface area (TPSA) is 82.9 Å². The lowest BCUT2D eigenvalue weighted by atomic mass is 10.1. The minimum atomic E-state index is -0.661. The lowest BCUT2D eigenvalue weighted by molar-refractivity contribution is 0.104. The molecule has 0 unspecified atom stereocenters. The molecule has 0 saturated carbocycles. The third kappa shape index (κ3) is 3.80. The van der Waals surface area contributed by atoms with Gasteiger partial charge in [0.2, 0.25) is 0 Å².